The molecule has 2 aromatic carbocycles. The summed E-state index contributed by atoms with van der Waals surface area (Å²) in [6.45, 7) is 0.479. The van der Waals surface area contributed by atoms with Gasteiger partial charge in [0.2, 0.25) is 0 Å². The molecule has 0 aliphatic carbocycles. The van der Waals surface area contributed by atoms with Gasteiger partial charge in [-0.2, -0.15) is 0 Å². The third-order valence-corrected chi connectivity index (χ3v) is 3.06. The second-order valence-electron chi connectivity index (χ2n) is 4.60. The standard InChI is InChI=1S/C16H18N2O2.ClH/c17-14-8-6-12(7-9-14)10-11-18-16(20)15(19)13-4-2-1-3-5-13;/h1-9,15,19H,10-11,17H2,(H,18,20);1H/t15-;/m1./s1. The van der Waals surface area contributed by atoms with Gasteiger partial charge in [-0.05, 0) is 29.7 Å². The summed E-state index contributed by atoms with van der Waals surface area (Å²) in [6.07, 6.45) is -0.421. The van der Waals surface area contributed by atoms with E-state index in [2.05, 4.69) is 5.32 Å². The molecule has 0 aromatic heterocycles. The lowest BCUT2D eigenvalue weighted by atomic mass is 10.1. The number of nitrogen functional groups attached to an aromatic ring is 1. The first kappa shape index (κ1) is 17.0. The first-order valence-corrected chi connectivity index (χ1v) is 6.52. The third kappa shape index (κ3) is 5.10. The molecule has 0 unspecified atom stereocenters. The van der Waals surface area contributed by atoms with Gasteiger partial charge >= 0.3 is 0 Å². The topological polar surface area (TPSA) is 75.3 Å². The summed E-state index contributed by atoms with van der Waals surface area (Å²) in [4.78, 5) is 11.8. The van der Waals surface area contributed by atoms with Crippen molar-refractivity contribution >= 4 is 24.0 Å². The number of aliphatic hydroxyl groups excluding tert-OH is 1. The van der Waals surface area contributed by atoms with Crippen LogP contribution in [-0.4, -0.2) is 17.6 Å². The van der Waals surface area contributed by atoms with Crippen molar-refractivity contribution in [2.75, 3.05) is 12.3 Å². The number of anilines is 1. The van der Waals surface area contributed by atoms with E-state index >= 15 is 0 Å². The number of nitrogens with two attached hydrogens (primary N) is 1. The summed E-state index contributed by atoms with van der Waals surface area (Å²) in [6, 6.07) is 16.4. The van der Waals surface area contributed by atoms with Gasteiger partial charge in [0.1, 0.15) is 0 Å². The maximum Gasteiger partial charge on any atom is 0.253 e. The van der Waals surface area contributed by atoms with Crippen LogP contribution in [0.4, 0.5) is 5.69 Å². The molecule has 0 heterocycles. The zero-order chi connectivity index (χ0) is 14.4. The fourth-order valence-corrected chi connectivity index (χ4v) is 1.90. The Kier molecular flexibility index (Phi) is 6.72. The average Bonchev–Trinajstić information content (AvgIpc) is 2.49. The van der Waals surface area contributed by atoms with Crippen molar-refractivity contribution in [2.24, 2.45) is 0 Å². The van der Waals surface area contributed by atoms with E-state index in [1.54, 1.807) is 24.3 Å². The van der Waals surface area contributed by atoms with E-state index in [-0.39, 0.29) is 18.3 Å². The van der Waals surface area contributed by atoms with Gasteiger partial charge in [0.25, 0.3) is 5.91 Å². The molecule has 0 bridgehead atoms. The number of hydrogen-bond donors (Lipinski definition) is 3. The Morgan fingerprint density at radius 2 is 1.71 bits per heavy atom. The molecule has 112 valence electrons. The number of benzene rings is 2. The van der Waals surface area contributed by atoms with Crippen LogP contribution >= 0.6 is 12.4 Å². The fraction of sp³-hybridized carbons (Fsp3) is 0.188. The van der Waals surface area contributed by atoms with Crippen LogP contribution in [0.5, 0.6) is 0 Å². The molecule has 1 amide bonds. The van der Waals surface area contributed by atoms with Crippen LogP contribution in [0, 0.1) is 0 Å². The monoisotopic (exact) mass is 306 g/mol. The Labute approximate surface area is 130 Å². The molecule has 21 heavy (non-hydrogen) atoms. The summed E-state index contributed by atoms with van der Waals surface area (Å²) in [5.74, 6) is -0.383. The van der Waals surface area contributed by atoms with Gasteiger partial charge in [0, 0.05) is 12.2 Å². The molecule has 0 spiro atoms. The number of amides is 1. The smallest absolute Gasteiger partial charge is 0.253 e. The van der Waals surface area contributed by atoms with E-state index in [4.69, 9.17) is 5.73 Å². The van der Waals surface area contributed by atoms with E-state index in [9.17, 15) is 9.90 Å². The number of nitrogens with one attached hydrogen (secondary N) is 1. The van der Waals surface area contributed by atoms with Gasteiger partial charge in [-0.3, -0.25) is 4.79 Å². The Morgan fingerprint density at radius 3 is 2.33 bits per heavy atom. The molecule has 0 saturated carbocycles. The molecular formula is C16H19ClN2O2. The van der Waals surface area contributed by atoms with E-state index in [1.807, 2.05) is 30.3 Å². The number of carbonyl (C=O) groups is 1. The molecule has 0 aliphatic rings. The Balaban J connectivity index is 0.00000220. The Bertz CT molecular complexity index is 558. The van der Waals surface area contributed by atoms with E-state index < -0.39 is 6.10 Å². The van der Waals surface area contributed by atoms with Gasteiger partial charge in [0.05, 0.1) is 0 Å². The molecule has 5 heteroatoms. The fourth-order valence-electron chi connectivity index (χ4n) is 1.90. The zero-order valence-electron chi connectivity index (χ0n) is 11.5. The number of carbonyl (C=O) groups excluding carboxylic acids is 1. The average molecular weight is 307 g/mol. The van der Waals surface area contributed by atoms with Crippen LogP contribution in [-0.2, 0) is 11.2 Å². The lowest BCUT2D eigenvalue weighted by Crippen LogP contribution is -2.30. The van der Waals surface area contributed by atoms with Crippen LogP contribution in [0.25, 0.3) is 0 Å². The van der Waals surface area contributed by atoms with Crippen molar-refractivity contribution in [1.29, 1.82) is 0 Å². The molecule has 2 rings (SSSR count). The van der Waals surface area contributed by atoms with Crippen molar-refractivity contribution in [3.63, 3.8) is 0 Å². The Hall–Kier alpha value is -2.04. The highest BCUT2D eigenvalue weighted by molar-refractivity contribution is 5.85. The zero-order valence-corrected chi connectivity index (χ0v) is 12.3. The van der Waals surface area contributed by atoms with Crippen molar-refractivity contribution in [1.82, 2.24) is 5.32 Å². The summed E-state index contributed by atoms with van der Waals surface area (Å²) >= 11 is 0. The summed E-state index contributed by atoms with van der Waals surface area (Å²) in [7, 11) is 0. The third-order valence-electron chi connectivity index (χ3n) is 3.06. The van der Waals surface area contributed by atoms with Crippen LogP contribution in [0.15, 0.2) is 54.6 Å². The number of hydrogen-bond acceptors (Lipinski definition) is 3. The Morgan fingerprint density at radius 1 is 1.10 bits per heavy atom. The molecule has 0 radical (unpaired) electrons. The molecular weight excluding hydrogens is 288 g/mol. The second-order valence-corrected chi connectivity index (χ2v) is 4.60. The van der Waals surface area contributed by atoms with E-state index in [0.29, 0.717) is 18.5 Å². The van der Waals surface area contributed by atoms with Crippen molar-refractivity contribution in [3.05, 3.63) is 65.7 Å². The van der Waals surface area contributed by atoms with Gasteiger partial charge in [-0.15, -0.1) is 12.4 Å². The van der Waals surface area contributed by atoms with Crippen molar-refractivity contribution < 1.29 is 9.90 Å². The molecule has 2 aromatic rings. The highest BCUT2D eigenvalue weighted by Gasteiger charge is 2.15. The molecule has 4 N–H and O–H groups in total. The summed E-state index contributed by atoms with van der Waals surface area (Å²) in [5, 5.41) is 12.6. The van der Waals surface area contributed by atoms with Crippen LogP contribution in [0.2, 0.25) is 0 Å². The number of rotatable bonds is 5. The summed E-state index contributed by atoms with van der Waals surface area (Å²) in [5.41, 5.74) is 8.01. The lowest BCUT2D eigenvalue weighted by Gasteiger charge is -2.11. The van der Waals surface area contributed by atoms with Gasteiger partial charge < -0.3 is 16.2 Å². The minimum absolute atomic E-state index is 0. The van der Waals surface area contributed by atoms with Crippen molar-refractivity contribution in [2.45, 2.75) is 12.5 Å². The second kappa shape index (κ2) is 8.29. The number of aliphatic hydroxyl groups is 1. The minimum atomic E-state index is -1.12. The van der Waals surface area contributed by atoms with Gasteiger partial charge in [-0.25, -0.2) is 0 Å². The van der Waals surface area contributed by atoms with Crippen LogP contribution in [0.3, 0.4) is 0 Å². The summed E-state index contributed by atoms with van der Waals surface area (Å²) < 4.78 is 0. The molecule has 1 atom stereocenters. The van der Waals surface area contributed by atoms with E-state index in [1.165, 1.54) is 0 Å². The predicted molar refractivity (Wildman–Crippen MR) is 86.2 cm³/mol. The maximum absolute atomic E-state index is 11.8. The molecule has 0 fully saturated rings. The molecule has 0 saturated heterocycles. The molecule has 4 nitrogen and oxygen atoms in total. The normalized spacial score (nSPS) is 11.3. The number of halogens is 1. The predicted octanol–water partition coefficient (Wildman–Crippen LogP) is 2.08. The highest BCUT2D eigenvalue weighted by atomic mass is 35.5. The van der Waals surface area contributed by atoms with Gasteiger partial charge in [-0.1, -0.05) is 42.5 Å². The first-order chi connectivity index (χ1) is 9.66. The quantitative estimate of drug-likeness (QED) is 0.740. The van der Waals surface area contributed by atoms with Gasteiger partial charge in [0.15, 0.2) is 6.10 Å². The highest BCUT2D eigenvalue weighted by Crippen LogP contribution is 2.12. The largest absolute Gasteiger partial charge is 0.399 e. The maximum atomic E-state index is 11.8. The first-order valence-electron chi connectivity index (χ1n) is 6.52. The van der Waals surface area contributed by atoms with Crippen LogP contribution < -0.4 is 11.1 Å². The lowest BCUT2D eigenvalue weighted by molar-refractivity contribution is -0.129. The van der Waals surface area contributed by atoms with E-state index in [0.717, 1.165) is 11.3 Å². The minimum Gasteiger partial charge on any atom is -0.399 e. The SMILES string of the molecule is Cl.Nc1ccc(CCNC(=O)[C@H](O)c2ccccc2)cc1. The molecule has 0 aliphatic heterocycles. The van der Waals surface area contributed by atoms with Crippen molar-refractivity contribution in [3.8, 4) is 0 Å². The van der Waals surface area contributed by atoms with Crippen LogP contribution in [0.1, 0.15) is 17.2 Å².